The summed E-state index contributed by atoms with van der Waals surface area (Å²) in [4.78, 5) is 22.8. The van der Waals surface area contributed by atoms with Crippen LogP contribution in [-0.2, 0) is 9.59 Å². The molecule has 0 aliphatic rings. The first kappa shape index (κ1) is 19.2. The Kier molecular flexibility index (Phi) is 9.05. The Hall–Kier alpha value is -1.82. The Morgan fingerprint density at radius 2 is 2.00 bits per heavy atom. The highest BCUT2D eigenvalue weighted by molar-refractivity contribution is 9.10. The molecule has 0 aliphatic carbocycles. The second-order valence-electron chi connectivity index (χ2n) is 5.02. The third kappa shape index (κ3) is 8.40. The van der Waals surface area contributed by atoms with Crippen molar-refractivity contribution < 1.29 is 19.4 Å². The number of benzene rings is 1. The maximum Gasteiger partial charge on any atom is 0.326 e. The number of amides is 1. The molecule has 1 aromatic rings. The Balaban J connectivity index is 2.20. The fraction of sp³-hybridized carbons (Fsp3) is 0.412. The van der Waals surface area contributed by atoms with Crippen LogP contribution in [0.3, 0.4) is 0 Å². The predicted molar refractivity (Wildman–Crippen MR) is 92.5 cm³/mol. The first-order chi connectivity index (χ1) is 11.0. The number of carbonyl (C=O) groups is 2. The highest BCUT2D eigenvalue weighted by Gasteiger charge is 2.17. The second kappa shape index (κ2) is 10.8. The van der Waals surface area contributed by atoms with E-state index in [1.165, 1.54) is 0 Å². The Morgan fingerprint density at radius 1 is 1.30 bits per heavy atom. The minimum atomic E-state index is -1.02. The standard InChI is InChI=1S/C17H22BrNO4/c1-2-3-6-15(17(21)22)19-16(20)7-4-5-12-23-14-10-8-13(18)9-11-14/h2-3,8-11,15H,4-7,12H2,1H3,(H,19,20)(H,21,22)/b3-2+. The van der Waals surface area contributed by atoms with E-state index in [4.69, 9.17) is 9.84 Å². The molecule has 1 rings (SSSR count). The van der Waals surface area contributed by atoms with Crippen LogP contribution in [0.5, 0.6) is 5.75 Å². The fourth-order valence-corrected chi connectivity index (χ4v) is 2.13. The van der Waals surface area contributed by atoms with Gasteiger partial charge in [-0.15, -0.1) is 0 Å². The number of aliphatic carboxylic acids is 1. The highest BCUT2D eigenvalue weighted by atomic mass is 79.9. The van der Waals surface area contributed by atoms with Gasteiger partial charge in [-0.25, -0.2) is 4.79 Å². The molecular formula is C17H22BrNO4. The van der Waals surface area contributed by atoms with Crippen LogP contribution >= 0.6 is 15.9 Å². The Labute approximate surface area is 144 Å². The van der Waals surface area contributed by atoms with Gasteiger partial charge in [-0.3, -0.25) is 4.79 Å². The summed E-state index contributed by atoms with van der Waals surface area (Å²) in [6.07, 6.45) is 5.47. The Morgan fingerprint density at radius 3 is 2.61 bits per heavy atom. The zero-order chi connectivity index (χ0) is 17.1. The number of allylic oxidation sites excluding steroid dienone is 1. The molecule has 1 aromatic carbocycles. The smallest absolute Gasteiger partial charge is 0.326 e. The lowest BCUT2D eigenvalue weighted by Gasteiger charge is -2.12. The van der Waals surface area contributed by atoms with E-state index in [1.54, 1.807) is 12.2 Å². The molecule has 1 amide bonds. The lowest BCUT2D eigenvalue weighted by molar-refractivity contribution is -0.141. The van der Waals surface area contributed by atoms with E-state index in [2.05, 4.69) is 21.2 Å². The van der Waals surface area contributed by atoms with Crippen molar-refractivity contribution in [3.63, 3.8) is 0 Å². The summed E-state index contributed by atoms with van der Waals surface area (Å²) >= 11 is 3.35. The molecule has 0 spiro atoms. The monoisotopic (exact) mass is 383 g/mol. The molecular weight excluding hydrogens is 362 g/mol. The number of carbonyl (C=O) groups excluding carboxylic acids is 1. The number of hydrogen-bond donors (Lipinski definition) is 2. The molecule has 0 bridgehead atoms. The van der Waals surface area contributed by atoms with Crippen molar-refractivity contribution in [1.82, 2.24) is 5.32 Å². The molecule has 5 nitrogen and oxygen atoms in total. The third-order valence-electron chi connectivity index (χ3n) is 3.12. The molecule has 2 N–H and O–H groups in total. The van der Waals surface area contributed by atoms with Crippen LogP contribution in [0.25, 0.3) is 0 Å². The lowest BCUT2D eigenvalue weighted by Crippen LogP contribution is -2.40. The van der Waals surface area contributed by atoms with Gasteiger partial charge < -0.3 is 15.2 Å². The van der Waals surface area contributed by atoms with Crippen LogP contribution in [-0.4, -0.2) is 29.6 Å². The van der Waals surface area contributed by atoms with Crippen molar-refractivity contribution in [2.45, 2.75) is 38.6 Å². The van der Waals surface area contributed by atoms with Crippen LogP contribution in [0.2, 0.25) is 0 Å². The first-order valence-electron chi connectivity index (χ1n) is 7.54. The lowest BCUT2D eigenvalue weighted by atomic mass is 10.1. The van der Waals surface area contributed by atoms with Crippen molar-refractivity contribution in [1.29, 1.82) is 0 Å². The van der Waals surface area contributed by atoms with E-state index >= 15 is 0 Å². The van der Waals surface area contributed by atoms with Crippen LogP contribution in [0, 0.1) is 0 Å². The summed E-state index contributed by atoms with van der Waals surface area (Å²) in [7, 11) is 0. The maximum absolute atomic E-state index is 11.7. The summed E-state index contributed by atoms with van der Waals surface area (Å²) < 4.78 is 6.55. The van der Waals surface area contributed by atoms with Crippen LogP contribution in [0.15, 0.2) is 40.9 Å². The molecule has 0 aromatic heterocycles. The van der Waals surface area contributed by atoms with Crippen molar-refractivity contribution >= 4 is 27.8 Å². The van der Waals surface area contributed by atoms with E-state index in [9.17, 15) is 9.59 Å². The summed E-state index contributed by atoms with van der Waals surface area (Å²) in [6, 6.07) is 6.68. The number of carboxylic acid groups (broad SMARTS) is 1. The fourth-order valence-electron chi connectivity index (χ4n) is 1.87. The second-order valence-corrected chi connectivity index (χ2v) is 5.94. The van der Waals surface area contributed by atoms with Gasteiger partial charge in [-0.1, -0.05) is 28.1 Å². The summed E-state index contributed by atoms with van der Waals surface area (Å²) in [6.45, 7) is 2.34. The predicted octanol–water partition coefficient (Wildman–Crippen LogP) is 3.53. The van der Waals surface area contributed by atoms with Crippen LogP contribution in [0.1, 0.15) is 32.6 Å². The quantitative estimate of drug-likeness (QED) is 0.478. The molecule has 23 heavy (non-hydrogen) atoms. The molecule has 6 heteroatoms. The zero-order valence-electron chi connectivity index (χ0n) is 13.1. The first-order valence-corrected chi connectivity index (χ1v) is 8.34. The number of unbranched alkanes of at least 4 members (excludes halogenated alkanes) is 1. The molecule has 1 unspecified atom stereocenters. The van der Waals surface area contributed by atoms with E-state index in [-0.39, 0.29) is 5.91 Å². The van der Waals surface area contributed by atoms with Crippen LogP contribution in [0.4, 0.5) is 0 Å². The summed E-state index contributed by atoms with van der Waals surface area (Å²) in [5.74, 6) is -0.476. The minimum absolute atomic E-state index is 0.245. The average molecular weight is 384 g/mol. The normalized spacial score (nSPS) is 12.1. The van der Waals surface area contributed by atoms with Gasteiger partial charge in [-0.05, 0) is 50.5 Å². The topological polar surface area (TPSA) is 75.6 Å². The average Bonchev–Trinajstić information content (AvgIpc) is 2.52. The van der Waals surface area contributed by atoms with E-state index in [1.807, 2.05) is 31.2 Å². The molecule has 0 fully saturated rings. The van der Waals surface area contributed by atoms with Gasteiger partial charge >= 0.3 is 5.97 Å². The third-order valence-corrected chi connectivity index (χ3v) is 3.65. The van der Waals surface area contributed by atoms with E-state index in [0.717, 1.165) is 16.6 Å². The zero-order valence-corrected chi connectivity index (χ0v) is 14.7. The van der Waals surface area contributed by atoms with Crippen molar-refractivity contribution in [2.24, 2.45) is 0 Å². The molecule has 0 saturated carbocycles. The van der Waals surface area contributed by atoms with Gasteiger partial charge in [-0.2, -0.15) is 0 Å². The molecule has 0 saturated heterocycles. The van der Waals surface area contributed by atoms with Gasteiger partial charge in [0.05, 0.1) is 6.61 Å². The number of ether oxygens (including phenoxy) is 1. The number of carboxylic acids is 1. The minimum Gasteiger partial charge on any atom is -0.494 e. The maximum atomic E-state index is 11.7. The molecule has 0 radical (unpaired) electrons. The van der Waals surface area contributed by atoms with Crippen LogP contribution < -0.4 is 10.1 Å². The number of halogens is 1. The van der Waals surface area contributed by atoms with Crippen molar-refractivity contribution in [3.8, 4) is 5.75 Å². The van der Waals surface area contributed by atoms with E-state index < -0.39 is 12.0 Å². The van der Waals surface area contributed by atoms with Gasteiger partial charge in [0.15, 0.2) is 0 Å². The summed E-state index contributed by atoms with van der Waals surface area (Å²) in [5, 5.41) is 11.6. The highest BCUT2D eigenvalue weighted by Crippen LogP contribution is 2.16. The van der Waals surface area contributed by atoms with Gasteiger partial charge in [0.2, 0.25) is 5.91 Å². The van der Waals surface area contributed by atoms with Gasteiger partial charge in [0.25, 0.3) is 0 Å². The van der Waals surface area contributed by atoms with Gasteiger partial charge in [0, 0.05) is 10.9 Å². The Bertz CT molecular complexity index is 528. The SMILES string of the molecule is C/C=C/CC(NC(=O)CCCCOc1ccc(Br)cc1)C(=O)O. The number of rotatable bonds is 10. The van der Waals surface area contributed by atoms with E-state index in [0.29, 0.717) is 25.9 Å². The number of hydrogen-bond acceptors (Lipinski definition) is 3. The van der Waals surface area contributed by atoms with Crippen molar-refractivity contribution in [3.05, 3.63) is 40.9 Å². The molecule has 1 atom stereocenters. The van der Waals surface area contributed by atoms with Gasteiger partial charge in [0.1, 0.15) is 11.8 Å². The van der Waals surface area contributed by atoms with Crippen molar-refractivity contribution in [2.75, 3.05) is 6.61 Å². The number of nitrogens with one attached hydrogen (secondary N) is 1. The molecule has 0 aliphatic heterocycles. The largest absolute Gasteiger partial charge is 0.494 e. The summed E-state index contributed by atoms with van der Waals surface area (Å²) in [5.41, 5.74) is 0. The molecule has 126 valence electrons. The molecule has 0 heterocycles.